The highest BCUT2D eigenvalue weighted by Crippen LogP contribution is 2.32. The number of primary amides is 1. The van der Waals surface area contributed by atoms with Crippen LogP contribution in [0, 0.1) is 0 Å². The van der Waals surface area contributed by atoms with E-state index in [-0.39, 0.29) is 18.0 Å². The topological polar surface area (TPSA) is 126 Å². The number of likely N-dealkylation sites (N-methyl/N-ethyl adjacent to an activating group) is 1. The molecule has 0 saturated heterocycles. The third-order valence-corrected chi connectivity index (χ3v) is 8.03. The van der Waals surface area contributed by atoms with Crippen molar-refractivity contribution in [1.82, 2.24) is 9.88 Å². The molecule has 3 N–H and O–H groups in total. The molecule has 1 heterocycles. The molecule has 1 aliphatic carbocycles. The molecule has 3 amide bonds. The molecule has 48 heavy (non-hydrogen) atoms. The predicted molar refractivity (Wildman–Crippen MR) is 194 cm³/mol. The molecule has 9 nitrogen and oxygen atoms in total. The standard InChI is InChI=1S/C27H29N5O4.C10H12.C2H6/c1-4-32(5-2)21-9-10-23(22(17-21)24-16-18(25(28)34)11-12-29-24)30-26(35)19-7-6-8-20(15-19)27(36)31(3)13-14-33;1-2-6-10-8-4-3-7-9(10)5-1;1-2/h6-12,14-17H,4-5,13H2,1-3H3,(H2,28,34)(H,30,35);1-2,5-6H,3-4,7-8H2;1-2H3. The summed E-state index contributed by atoms with van der Waals surface area (Å²) in [5.41, 5.74) is 12.0. The van der Waals surface area contributed by atoms with E-state index in [1.54, 1.807) is 41.5 Å². The highest BCUT2D eigenvalue weighted by Gasteiger charge is 2.17. The van der Waals surface area contributed by atoms with Crippen LogP contribution in [-0.2, 0) is 17.6 Å². The van der Waals surface area contributed by atoms with Gasteiger partial charge in [-0.05, 0) is 99.2 Å². The van der Waals surface area contributed by atoms with Crippen LogP contribution in [0.2, 0.25) is 0 Å². The number of benzene rings is 3. The van der Waals surface area contributed by atoms with Gasteiger partial charge in [0.2, 0.25) is 5.91 Å². The first-order valence-electron chi connectivity index (χ1n) is 16.6. The van der Waals surface area contributed by atoms with Crippen LogP contribution in [-0.4, -0.2) is 60.6 Å². The van der Waals surface area contributed by atoms with Crippen LogP contribution in [0.1, 0.15) is 82.7 Å². The molecule has 0 fully saturated rings. The number of amides is 3. The van der Waals surface area contributed by atoms with Crippen molar-refractivity contribution < 1.29 is 19.2 Å². The number of carbonyl (C=O) groups excluding carboxylic acids is 4. The predicted octanol–water partition coefficient (Wildman–Crippen LogP) is 6.81. The fourth-order valence-electron chi connectivity index (χ4n) is 5.45. The summed E-state index contributed by atoms with van der Waals surface area (Å²) >= 11 is 0. The summed E-state index contributed by atoms with van der Waals surface area (Å²) in [7, 11) is 1.51. The second kappa shape index (κ2) is 18.7. The molecule has 0 radical (unpaired) electrons. The number of nitrogens with two attached hydrogens (primary N) is 1. The van der Waals surface area contributed by atoms with E-state index >= 15 is 0 Å². The van der Waals surface area contributed by atoms with Crippen molar-refractivity contribution in [1.29, 1.82) is 0 Å². The van der Waals surface area contributed by atoms with Crippen LogP contribution in [0.15, 0.2) is 85.1 Å². The van der Waals surface area contributed by atoms with Gasteiger partial charge in [-0.3, -0.25) is 19.4 Å². The number of hydrogen-bond donors (Lipinski definition) is 2. The SMILES string of the molecule is CC.CCN(CC)c1ccc(NC(=O)c2cccc(C(=O)N(C)CC=O)c2)c(-c2cc(C(N)=O)ccn2)c1.c1ccc2c(c1)CCCC2. The van der Waals surface area contributed by atoms with Gasteiger partial charge in [-0.15, -0.1) is 0 Å². The van der Waals surface area contributed by atoms with Gasteiger partial charge in [-0.2, -0.15) is 0 Å². The molecule has 9 heteroatoms. The molecule has 252 valence electrons. The lowest BCUT2D eigenvalue weighted by Gasteiger charge is -2.23. The van der Waals surface area contributed by atoms with Gasteiger partial charge >= 0.3 is 0 Å². The summed E-state index contributed by atoms with van der Waals surface area (Å²) in [4.78, 5) is 56.0. The molecule has 0 spiro atoms. The molecule has 0 bridgehead atoms. The molecular formula is C39H47N5O4. The molecule has 0 aliphatic heterocycles. The molecule has 0 unspecified atom stereocenters. The number of aromatic nitrogens is 1. The van der Waals surface area contributed by atoms with Crippen molar-refractivity contribution in [2.24, 2.45) is 5.73 Å². The van der Waals surface area contributed by atoms with Crippen LogP contribution in [0.3, 0.4) is 0 Å². The zero-order chi connectivity index (χ0) is 35.1. The zero-order valence-corrected chi connectivity index (χ0v) is 28.7. The number of aryl methyl sites for hydroxylation is 2. The lowest BCUT2D eigenvalue weighted by molar-refractivity contribution is -0.108. The minimum absolute atomic E-state index is 0.0468. The zero-order valence-electron chi connectivity index (χ0n) is 28.7. The number of carbonyl (C=O) groups is 4. The lowest BCUT2D eigenvalue weighted by Crippen LogP contribution is -2.28. The van der Waals surface area contributed by atoms with E-state index < -0.39 is 11.8 Å². The number of pyridine rings is 1. The van der Waals surface area contributed by atoms with Crippen LogP contribution < -0.4 is 16.0 Å². The van der Waals surface area contributed by atoms with Gasteiger partial charge < -0.3 is 25.6 Å². The van der Waals surface area contributed by atoms with Gasteiger partial charge in [0.1, 0.15) is 6.29 Å². The Balaban J connectivity index is 0.000000435. The van der Waals surface area contributed by atoms with E-state index in [0.29, 0.717) is 34.4 Å². The average Bonchev–Trinajstić information content (AvgIpc) is 3.13. The number of hydrogen-bond acceptors (Lipinski definition) is 6. The average molecular weight is 650 g/mol. The van der Waals surface area contributed by atoms with E-state index in [1.165, 1.54) is 56.0 Å². The second-order valence-corrected chi connectivity index (χ2v) is 11.1. The molecule has 4 aromatic rings. The third-order valence-electron chi connectivity index (χ3n) is 8.03. The van der Waals surface area contributed by atoms with Gasteiger partial charge in [0.05, 0.1) is 17.9 Å². The minimum Gasteiger partial charge on any atom is -0.372 e. The Kier molecular flexibility index (Phi) is 14.5. The van der Waals surface area contributed by atoms with E-state index in [1.807, 2.05) is 39.8 Å². The summed E-state index contributed by atoms with van der Waals surface area (Å²) in [6, 6.07) is 23.8. The summed E-state index contributed by atoms with van der Waals surface area (Å²) in [6.45, 7) is 9.62. The Morgan fingerprint density at radius 2 is 1.48 bits per heavy atom. The summed E-state index contributed by atoms with van der Waals surface area (Å²) in [5.74, 6) is -1.37. The van der Waals surface area contributed by atoms with Crippen molar-refractivity contribution in [3.05, 3.63) is 113 Å². The van der Waals surface area contributed by atoms with E-state index in [0.717, 1.165) is 18.8 Å². The van der Waals surface area contributed by atoms with E-state index in [2.05, 4.69) is 39.5 Å². The number of nitrogens with one attached hydrogen (secondary N) is 1. The molecule has 5 rings (SSSR count). The second-order valence-electron chi connectivity index (χ2n) is 11.1. The molecule has 0 saturated carbocycles. The first kappa shape index (κ1) is 37.2. The smallest absolute Gasteiger partial charge is 0.255 e. The van der Waals surface area contributed by atoms with E-state index in [4.69, 9.17) is 5.73 Å². The maximum atomic E-state index is 13.2. The lowest BCUT2D eigenvalue weighted by atomic mass is 9.92. The van der Waals surface area contributed by atoms with Gasteiger partial charge in [0.15, 0.2) is 0 Å². The molecule has 0 atom stereocenters. The third kappa shape index (κ3) is 9.84. The molecule has 1 aliphatic rings. The fourth-order valence-corrected chi connectivity index (χ4v) is 5.45. The van der Waals surface area contributed by atoms with E-state index in [9.17, 15) is 19.2 Å². The fraction of sp³-hybridized carbons (Fsp3) is 0.308. The highest BCUT2D eigenvalue weighted by molar-refractivity contribution is 6.08. The summed E-state index contributed by atoms with van der Waals surface area (Å²) in [6.07, 6.45) is 7.51. The highest BCUT2D eigenvalue weighted by atomic mass is 16.2. The minimum atomic E-state index is -0.579. The quantitative estimate of drug-likeness (QED) is 0.182. The number of aldehydes is 1. The maximum Gasteiger partial charge on any atom is 0.255 e. The Labute approximate surface area is 284 Å². The Morgan fingerprint density at radius 3 is 2.08 bits per heavy atom. The largest absolute Gasteiger partial charge is 0.372 e. The number of fused-ring (bicyclic) bond motifs is 1. The van der Waals surface area contributed by atoms with Crippen molar-refractivity contribution in [3.63, 3.8) is 0 Å². The monoisotopic (exact) mass is 649 g/mol. The number of rotatable bonds is 10. The van der Waals surface area contributed by atoms with Gasteiger partial charge in [-0.25, -0.2) is 0 Å². The first-order chi connectivity index (χ1) is 23.2. The van der Waals surface area contributed by atoms with Crippen LogP contribution in [0.25, 0.3) is 11.3 Å². The molecular weight excluding hydrogens is 602 g/mol. The normalized spacial score (nSPS) is 11.4. The van der Waals surface area contributed by atoms with Gasteiger partial charge in [-0.1, -0.05) is 44.2 Å². The van der Waals surface area contributed by atoms with Crippen LogP contribution in [0.4, 0.5) is 11.4 Å². The van der Waals surface area contributed by atoms with Gasteiger partial charge in [0.25, 0.3) is 11.8 Å². The molecule has 3 aromatic carbocycles. The number of nitrogens with zero attached hydrogens (tertiary/aromatic N) is 3. The van der Waals surface area contributed by atoms with Gasteiger partial charge in [0, 0.05) is 54.3 Å². The number of anilines is 2. The molecule has 1 aromatic heterocycles. The summed E-state index contributed by atoms with van der Waals surface area (Å²) < 4.78 is 0. The van der Waals surface area contributed by atoms with Crippen molar-refractivity contribution in [3.8, 4) is 11.3 Å². The first-order valence-corrected chi connectivity index (χ1v) is 16.6. The van der Waals surface area contributed by atoms with Crippen molar-refractivity contribution in [2.75, 3.05) is 36.9 Å². The summed E-state index contributed by atoms with van der Waals surface area (Å²) in [5, 5.41) is 2.90. The Bertz CT molecular complexity index is 1670. The van der Waals surface area contributed by atoms with Crippen LogP contribution in [0.5, 0.6) is 0 Å². The van der Waals surface area contributed by atoms with Crippen LogP contribution >= 0.6 is 0 Å². The Hall–Kier alpha value is -5.31. The van der Waals surface area contributed by atoms with Crippen molar-refractivity contribution in [2.45, 2.75) is 53.4 Å². The maximum absolute atomic E-state index is 13.2. The Morgan fingerprint density at radius 1 is 0.833 bits per heavy atom. The van der Waals surface area contributed by atoms with Crippen molar-refractivity contribution >= 4 is 35.4 Å².